The number of thioether (sulfide) groups is 1. The number of anilines is 1. The zero-order chi connectivity index (χ0) is 31.0. The lowest BCUT2D eigenvalue weighted by atomic mass is 9.96. The molecule has 44 heavy (non-hydrogen) atoms. The van der Waals surface area contributed by atoms with Gasteiger partial charge < -0.3 is 14.6 Å². The zero-order valence-corrected chi connectivity index (χ0v) is 26.2. The fraction of sp³-hybridized carbons (Fsp3) is 0.194. The van der Waals surface area contributed by atoms with E-state index in [4.69, 9.17) is 21.1 Å². The highest BCUT2D eigenvalue weighted by Gasteiger charge is 2.49. The van der Waals surface area contributed by atoms with Crippen LogP contribution in [0, 0.1) is 6.92 Å². The monoisotopic (exact) mass is 647 g/mol. The van der Waals surface area contributed by atoms with Crippen molar-refractivity contribution < 1.29 is 24.2 Å². The third kappa shape index (κ3) is 5.40. The van der Waals surface area contributed by atoms with E-state index in [1.807, 2.05) is 37.3 Å². The molecule has 1 saturated heterocycles. The summed E-state index contributed by atoms with van der Waals surface area (Å²) in [6.07, 6.45) is 1.74. The molecule has 1 aliphatic heterocycles. The van der Waals surface area contributed by atoms with Crippen LogP contribution in [0.3, 0.4) is 0 Å². The molecule has 0 aliphatic carbocycles. The van der Waals surface area contributed by atoms with Crippen molar-refractivity contribution in [1.82, 2.24) is 19.6 Å². The van der Waals surface area contributed by atoms with Crippen LogP contribution in [0.5, 0.6) is 11.5 Å². The van der Waals surface area contributed by atoms with Crippen molar-refractivity contribution >= 4 is 62.9 Å². The maximum atomic E-state index is 13.8. The van der Waals surface area contributed by atoms with E-state index in [2.05, 4.69) is 15.2 Å². The molecule has 13 heteroatoms. The third-order valence-electron chi connectivity index (χ3n) is 7.05. The molecule has 1 amide bonds. The van der Waals surface area contributed by atoms with Gasteiger partial charge in [-0.1, -0.05) is 59.0 Å². The predicted molar refractivity (Wildman–Crippen MR) is 170 cm³/mol. The molecule has 1 unspecified atom stereocenters. The van der Waals surface area contributed by atoms with E-state index in [0.29, 0.717) is 55.8 Å². The Labute approximate surface area is 265 Å². The fourth-order valence-corrected chi connectivity index (χ4v) is 7.03. The van der Waals surface area contributed by atoms with Gasteiger partial charge in [-0.2, -0.15) is 0 Å². The Hall–Kier alpha value is -4.39. The quantitative estimate of drug-likeness (QED) is 0.0631. The van der Waals surface area contributed by atoms with Gasteiger partial charge in [-0.15, -0.1) is 10.2 Å². The number of rotatable bonds is 9. The highest BCUT2D eigenvalue weighted by atomic mass is 35.5. The SMILES string of the molecule is CCOc1ccc(C2C(=C(O)c3c(C)nc4ccccn34)C(=O)C(=O)N2c2nnc(SCc3ccc(Cl)cc3)s2)cc1OC. The van der Waals surface area contributed by atoms with Crippen LogP contribution in [0.25, 0.3) is 11.4 Å². The number of halogens is 1. The number of methoxy groups -OCH3 is 1. The molecule has 224 valence electrons. The second-order valence-electron chi connectivity index (χ2n) is 9.75. The van der Waals surface area contributed by atoms with E-state index in [1.54, 1.807) is 47.9 Å². The Bertz CT molecular complexity index is 1920. The van der Waals surface area contributed by atoms with E-state index in [1.165, 1.54) is 35.1 Å². The summed E-state index contributed by atoms with van der Waals surface area (Å²) >= 11 is 8.64. The Morgan fingerprint density at radius 2 is 1.89 bits per heavy atom. The van der Waals surface area contributed by atoms with Gasteiger partial charge in [0, 0.05) is 17.0 Å². The van der Waals surface area contributed by atoms with Crippen molar-refractivity contribution in [3.8, 4) is 11.5 Å². The minimum Gasteiger partial charge on any atom is -0.505 e. The molecule has 10 nitrogen and oxygen atoms in total. The number of amides is 1. The lowest BCUT2D eigenvalue weighted by molar-refractivity contribution is -0.132. The van der Waals surface area contributed by atoms with Crippen molar-refractivity contribution in [1.29, 1.82) is 0 Å². The number of hydrogen-bond acceptors (Lipinski definition) is 10. The van der Waals surface area contributed by atoms with Crippen molar-refractivity contribution in [2.75, 3.05) is 18.6 Å². The minimum absolute atomic E-state index is 0.0967. The summed E-state index contributed by atoms with van der Waals surface area (Å²) in [5.41, 5.74) is 2.87. The maximum Gasteiger partial charge on any atom is 0.301 e. The van der Waals surface area contributed by atoms with Gasteiger partial charge in [-0.3, -0.25) is 18.9 Å². The lowest BCUT2D eigenvalue weighted by Crippen LogP contribution is -2.29. The van der Waals surface area contributed by atoms with E-state index >= 15 is 0 Å². The summed E-state index contributed by atoms with van der Waals surface area (Å²) in [6.45, 7) is 4.02. The second-order valence-corrected chi connectivity index (χ2v) is 12.4. The number of pyridine rings is 1. The van der Waals surface area contributed by atoms with Crippen molar-refractivity contribution in [2.24, 2.45) is 0 Å². The topological polar surface area (TPSA) is 119 Å². The average Bonchev–Trinajstić information content (AvgIpc) is 3.70. The molecule has 5 aromatic rings. The molecular formula is C31H26ClN5O5S2. The van der Waals surface area contributed by atoms with Crippen LogP contribution in [0.4, 0.5) is 5.13 Å². The molecule has 0 saturated carbocycles. The number of imidazole rings is 1. The van der Waals surface area contributed by atoms with Gasteiger partial charge in [0.2, 0.25) is 5.13 Å². The number of carbonyl (C=O) groups excluding carboxylic acids is 2. The van der Waals surface area contributed by atoms with Gasteiger partial charge in [-0.05, 0) is 61.4 Å². The van der Waals surface area contributed by atoms with Crippen molar-refractivity contribution in [2.45, 2.75) is 30.0 Å². The molecule has 1 aliphatic rings. The normalized spacial score (nSPS) is 16.2. The lowest BCUT2D eigenvalue weighted by Gasteiger charge is -2.23. The molecule has 1 fully saturated rings. The summed E-state index contributed by atoms with van der Waals surface area (Å²) < 4.78 is 13.6. The summed E-state index contributed by atoms with van der Waals surface area (Å²) in [7, 11) is 1.51. The smallest absolute Gasteiger partial charge is 0.301 e. The maximum absolute atomic E-state index is 13.8. The van der Waals surface area contributed by atoms with E-state index in [0.717, 1.165) is 5.56 Å². The van der Waals surface area contributed by atoms with Crippen LogP contribution in [-0.4, -0.2) is 50.1 Å². The molecule has 3 aromatic heterocycles. The summed E-state index contributed by atoms with van der Waals surface area (Å²) in [5, 5.41) is 21.3. The van der Waals surface area contributed by atoms with E-state index in [9.17, 15) is 14.7 Å². The van der Waals surface area contributed by atoms with Gasteiger partial charge in [-0.25, -0.2) is 4.98 Å². The molecular weight excluding hydrogens is 622 g/mol. The third-order valence-corrected chi connectivity index (χ3v) is 9.43. The number of aryl methyl sites for hydroxylation is 1. The van der Waals surface area contributed by atoms with Gasteiger partial charge in [0.1, 0.15) is 11.3 Å². The molecule has 0 radical (unpaired) electrons. The van der Waals surface area contributed by atoms with Gasteiger partial charge in [0.05, 0.1) is 31.0 Å². The van der Waals surface area contributed by atoms with E-state index in [-0.39, 0.29) is 16.5 Å². The van der Waals surface area contributed by atoms with Crippen molar-refractivity contribution in [3.63, 3.8) is 0 Å². The van der Waals surface area contributed by atoms with Gasteiger partial charge in [0.25, 0.3) is 5.78 Å². The molecule has 0 spiro atoms. The molecule has 1 N–H and O–H groups in total. The number of benzene rings is 2. The Kier molecular flexibility index (Phi) is 8.30. The number of nitrogens with zero attached hydrogens (tertiary/aromatic N) is 5. The predicted octanol–water partition coefficient (Wildman–Crippen LogP) is 6.47. The number of carbonyl (C=O) groups is 2. The number of aliphatic hydroxyl groups excluding tert-OH is 1. The number of aromatic nitrogens is 4. The standard InChI is InChI=1S/C31H26ClN5O5S2/c1-4-42-21-13-10-19(15-22(21)41-3)26-24(27(38)25-17(2)33-23-7-5-6-14-36(23)25)28(39)29(40)37(26)30-34-35-31(44-30)43-16-18-8-11-20(32)12-9-18/h5-15,26,38H,4,16H2,1-3H3. The molecule has 4 heterocycles. The van der Waals surface area contributed by atoms with Crippen LogP contribution in [-0.2, 0) is 15.3 Å². The molecule has 1 atom stereocenters. The van der Waals surface area contributed by atoms with Gasteiger partial charge in [0.15, 0.2) is 21.6 Å². The van der Waals surface area contributed by atoms with Crippen LogP contribution in [0.2, 0.25) is 5.02 Å². The number of ketones is 1. The number of ether oxygens (including phenoxy) is 2. The zero-order valence-electron chi connectivity index (χ0n) is 23.9. The second kappa shape index (κ2) is 12.3. The summed E-state index contributed by atoms with van der Waals surface area (Å²) in [4.78, 5) is 33.3. The van der Waals surface area contributed by atoms with Crippen LogP contribution >= 0.6 is 34.7 Å². The first-order valence-electron chi connectivity index (χ1n) is 13.6. The Morgan fingerprint density at radius 1 is 1.09 bits per heavy atom. The molecule has 2 aromatic carbocycles. The van der Waals surface area contributed by atoms with Gasteiger partial charge >= 0.3 is 5.91 Å². The highest BCUT2D eigenvalue weighted by molar-refractivity contribution is 8.00. The first kappa shape index (κ1) is 29.7. The number of Topliss-reactive ketones (excluding diaryl/α,β-unsaturated/α-hetero) is 1. The number of hydrogen-bond donors (Lipinski definition) is 1. The number of fused-ring (bicyclic) bond motifs is 1. The van der Waals surface area contributed by atoms with Crippen LogP contribution < -0.4 is 14.4 Å². The highest BCUT2D eigenvalue weighted by Crippen LogP contribution is 2.46. The summed E-state index contributed by atoms with van der Waals surface area (Å²) in [5.74, 6) is -0.501. The fourth-order valence-electron chi connectivity index (χ4n) is 5.08. The van der Waals surface area contributed by atoms with Crippen molar-refractivity contribution in [3.05, 3.63) is 100.0 Å². The Balaban J connectivity index is 1.46. The first-order valence-corrected chi connectivity index (χ1v) is 15.7. The molecule has 0 bridgehead atoms. The largest absolute Gasteiger partial charge is 0.505 e. The van der Waals surface area contributed by atoms with Crippen LogP contribution in [0.15, 0.2) is 76.8 Å². The van der Waals surface area contributed by atoms with Crippen LogP contribution in [0.1, 0.15) is 35.5 Å². The average molecular weight is 648 g/mol. The van der Waals surface area contributed by atoms with E-state index < -0.39 is 17.7 Å². The Morgan fingerprint density at radius 3 is 2.64 bits per heavy atom. The number of aliphatic hydroxyl groups is 1. The minimum atomic E-state index is -1.03. The first-order chi connectivity index (χ1) is 21.3. The molecule has 6 rings (SSSR count). The summed E-state index contributed by atoms with van der Waals surface area (Å²) in [6, 6.07) is 17.0.